The van der Waals surface area contributed by atoms with E-state index in [-0.39, 0.29) is 29.9 Å². The second kappa shape index (κ2) is 11.7. The lowest BCUT2D eigenvalue weighted by Gasteiger charge is -2.39. The van der Waals surface area contributed by atoms with Crippen molar-refractivity contribution in [1.82, 2.24) is 5.32 Å². The monoisotopic (exact) mass is 465 g/mol. The number of amides is 2. The summed E-state index contributed by atoms with van der Waals surface area (Å²) in [5.41, 5.74) is 4.55. The van der Waals surface area contributed by atoms with Crippen LogP contribution in [0.25, 0.3) is 0 Å². The van der Waals surface area contributed by atoms with Gasteiger partial charge in [0.25, 0.3) is 5.91 Å². The average molecular weight is 466 g/mol. The first-order valence-corrected chi connectivity index (χ1v) is 11.9. The van der Waals surface area contributed by atoms with Gasteiger partial charge in [0.1, 0.15) is 0 Å². The Morgan fingerprint density at radius 2 is 1.79 bits per heavy atom. The van der Waals surface area contributed by atoms with Crippen LogP contribution in [0.3, 0.4) is 0 Å². The Bertz CT molecular complexity index is 1020. The highest BCUT2D eigenvalue weighted by Gasteiger charge is 2.33. The van der Waals surface area contributed by atoms with Crippen molar-refractivity contribution in [2.24, 2.45) is 0 Å². The van der Waals surface area contributed by atoms with Gasteiger partial charge in [-0.15, -0.1) is 0 Å². The fourth-order valence-electron chi connectivity index (χ4n) is 4.45. The van der Waals surface area contributed by atoms with Crippen LogP contribution in [0, 0.1) is 6.92 Å². The van der Waals surface area contributed by atoms with Gasteiger partial charge in [-0.05, 0) is 69.0 Å². The maximum Gasteiger partial charge on any atom is 0.305 e. The summed E-state index contributed by atoms with van der Waals surface area (Å²) in [6.07, 6.45) is 3.52. The highest BCUT2D eigenvalue weighted by molar-refractivity contribution is 5.97. The van der Waals surface area contributed by atoms with Gasteiger partial charge in [-0.3, -0.25) is 14.4 Å². The number of nitrogens with one attached hydrogen (secondary N) is 2. The largest absolute Gasteiger partial charge is 0.469 e. The molecule has 0 saturated heterocycles. The van der Waals surface area contributed by atoms with Crippen molar-refractivity contribution >= 4 is 29.2 Å². The standard InChI is InChI=1S/C27H35N3O4/c1-18-9-12-22(13-10-18)29-24-16-19(2)30(20(3)31)25-14-11-21(17-23(24)25)27(33)28-15-7-5-6-8-26(32)34-4/h9-14,17,19,24,29H,5-8,15-16H2,1-4H3,(H,28,33). The number of anilines is 2. The number of rotatable bonds is 9. The Balaban J connectivity index is 1.72. The molecule has 3 rings (SSSR count). The minimum Gasteiger partial charge on any atom is -0.469 e. The van der Waals surface area contributed by atoms with Gasteiger partial charge in [0.2, 0.25) is 5.91 Å². The molecule has 0 saturated carbocycles. The van der Waals surface area contributed by atoms with Gasteiger partial charge in [-0.25, -0.2) is 0 Å². The van der Waals surface area contributed by atoms with Crippen LogP contribution in [0.1, 0.15) is 73.5 Å². The van der Waals surface area contributed by atoms with E-state index in [2.05, 4.69) is 41.4 Å². The average Bonchev–Trinajstić information content (AvgIpc) is 2.81. The molecule has 2 aromatic carbocycles. The van der Waals surface area contributed by atoms with Gasteiger partial charge in [0, 0.05) is 42.9 Å². The number of unbranched alkanes of at least 4 members (excludes halogenated alkanes) is 2. The molecule has 7 nitrogen and oxygen atoms in total. The molecule has 34 heavy (non-hydrogen) atoms. The van der Waals surface area contributed by atoms with Crippen LogP contribution in [0.4, 0.5) is 11.4 Å². The SMILES string of the molecule is COC(=O)CCCCCNC(=O)c1ccc2c(c1)C(Nc1ccc(C)cc1)CC(C)N2C(C)=O. The van der Waals surface area contributed by atoms with E-state index in [1.807, 2.05) is 29.2 Å². The number of ether oxygens (including phenoxy) is 1. The smallest absolute Gasteiger partial charge is 0.305 e. The molecule has 0 fully saturated rings. The zero-order chi connectivity index (χ0) is 24.7. The first-order chi connectivity index (χ1) is 16.3. The lowest BCUT2D eigenvalue weighted by atomic mass is 9.90. The highest BCUT2D eigenvalue weighted by atomic mass is 16.5. The summed E-state index contributed by atoms with van der Waals surface area (Å²) in [5, 5.41) is 6.56. The topological polar surface area (TPSA) is 87.7 Å². The molecule has 2 atom stereocenters. The molecule has 2 amide bonds. The quantitative estimate of drug-likeness (QED) is 0.412. The minimum atomic E-state index is -0.208. The maximum absolute atomic E-state index is 12.8. The van der Waals surface area contributed by atoms with Crippen LogP contribution in [0.5, 0.6) is 0 Å². The Labute approximate surface area is 201 Å². The minimum absolute atomic E-state index is 0.00769. The summed E-state index contributed by atoms with van der Waals surface area (Å²) in [5.74, 6) is -0.356. The van der Waals surface area contributed by atoms with Crippen molar-refractivity contribution in [3.63, 3.8) is 0 Å². The molecule has 1 heterocycles. The summed E-state index contributed by atoms with van der Waals surface area (Å²) in [6, 6.07) is 13.8. The Hall–Kier alpha value is -3.35. The van der Waals surface area contributed by atoms with E-state index in [0.29, 0.717) is 18.5 Å². The van der Waals surface area contributed by atoms with Crippen molar-refractivity contribution in [3.05, 3.63) is 59.2 Å². The van der Waals surface area contributed by atoms with E-state index in [1.165, 1.54) is 12.7 Å². The predicted molar refractivity (Wildman–Crippen MR) is 134 cm³/mol. The van der Waals surface area contributed by atoms with Crippen LogP contribution >= 0.6 is 0 Å². The summed E-state index contributed by atoms with van der Waals surface area (Å²) in [7, 11) is 1.39. The predicted octanol–water partition coefficient (Wildman–Crippen LogP) is 4.76. The number of fused-ring (bicyclic) bond motifs is 1. The first kappa shape index (κ1) is 25.3. The summed E-state index contributed by atoms with van der Waals surface area (Å²) in [4.78, 5) is 38.2. The third-order valence-electron chi connectivity index (χ3n) is 6.24. The number of benzene rings is 2. The first-order valence-electron chi connectivity index (χ1n) is 11.9. The number of carbonyl (C=O) groups excluding carboxylic acids is 3. The number of hydrogen-bond donors (Lipinski definition) is 2. The van der Waals surface area contributed by atoms with Crippen molar-refractivity contribution < 1.29 is 19.1 Å². The number of hydrogen-bond acceptors (Lipinski definition) is 5. The van der Waals surface area contributed by atoms with Gasteiger partial charge < -0.3 is 20.3 Å². The van der Waals surface area contributed by atoms with Crippen LogP contribution in [0.2, 0.25) is 0 Å². The Morgan fingerprint density at radius 3 is 2.47 bits per heavy atom. The molecule has 2 N–H and O–H groups in total. The third kappa shape index (κ3) is 6.37. The zero-order valence-corrected chi connectivity index (χ0v) is 20.5. The van der Waals surface area contributed by atoms with Crippen molar-refractivity contribution in [2.75, 3.05) is 23.9 Å². The van der Waals surface area contributed by atoms with E-state index in [0.717, 1.165) is 42.6 Å². The summed E-state index contributed by atoms with van der Waals surface area (Å²) < 4.78 is 4.64. The van der Waals surface area contributed by atoms with Gasteiger partial charge >= 0.3 is 5.97 Å². The van der Waals surface area contributed by atoms with Gasteiger partial charge in [-0.1, -0.05) is 24.1 Å². The number of esters is 1. The molecular weight excluding hydrogens is 430 g/mol. The summed E-state index contributed by atoms with van der Waals surface area (Å²) >= 11 is 0. The molecular formula is C27H35N3O4. The van der Waals surface area contributed by atoms with E-state index in [1.54, 1.807) is 13.0 Å². The van der Waals surface area contributed by atoms with Crippen LogP contribution in [-0.2, 0) is 14.3 Å². The molecule has 0 aromatic heterocycles. The van der Waals surface area contributed by atoms with E-state index >= 15 is 0 Å². The van der Waals surface area contributed by atoms with E-state index in [9.17, 15) is 14.4 Å². The lowest BCUT2D eigenvalue weighted by Crippen LogP contribution is -2.43. The van der Waals surface area contributed by atoms with Crippen LogP contribution in [-0.4, -0.2) is 37.5 Å². The fraction of sp³-hybridized carbons (Fsp3) is 0.444. The Kier molecular flexibility index (Phi) is 8.68. The fourth-order valence-corrected chi connectivity index (χ4v) is 4.45. The van der Waals surface area contributed by atoms with Crippen molar-refractivity contribution in [1.29, 1.82) is 0 Å². The van der Waals surface area contributed by atoms with E-state index in [4.69, 9.17) is 0 Å². The Morgan fingerprint density at radius 1 is 1.06 bits per heavy atom. The molecule has 182 valence electrons. The molecule has 2 aromatic rings. The second-order valence-corrected chi connectivity index (χ2v) is 8.95. The lowest BCUT2D eigenvalue weighted by molar-refractivity contribution is -0.140. The highest BCUT2D eigenvalue weighted by Crippen LogP contribution is 2.39. The van der Waals surface area contributed by atoms with Gasteiger partial charge in [-0.2, -0.15) is 0 Å². The number of aryl methyl sites for hydroxylation is 1. The molecule has 0 radical (unpaired) electrons. The molecule has 7 heteroatoms. The number of methoxy groups -OCH3 is 1. The molecule has 1 aliphatic rings. The number of carbonyl (C=O) groups is 3. The van der Waals surface area contributed by atoms with Gasteiger partial charge in [0.15, 0.2) is 0 Å². The summed E-state index contributed by atoms with van der Waals surface area (Å²) in [6.45, 7) is 6.22. The molecule has 0 spiro atoms. The van der Waals surface area contributed by atoms with E-state index < -0.39 is 0 Å². The van der Waals surface area contributed by atoms with Crippen molar-refractivity contribution in [2.45, 2.75) is 65.0 Å². The van der Waals surface area contributed by atoms with Gasteiger partial charge in [0.05, 0.1) is 13.2 Å². The normalized spacial score (nSPS) is 17.0. The molecule has 2 unspecified atom stereocenters. The maximum atomic E-state index is 12.8. The third-order valence-corrected chi connectivity index (χ3v) is 6.24. The molecule has 1 aliphatic heterocycles. The number of nitrogens with zero attached hydrogens (tertiary/aromatic N) is 1. The van der Waals surface area contributed by atoms with Crippen LogP contribution in [0.15, 0.2) is 42.5 Å². The molecule has 0 aliphatic carbocycles. The zero-order valence-electron chi connectivity index (χ0n) is 20.5. The second-order valence-electron chi connectivity index (χ2n) is 8.95. The van der Waals surface area contributed by atoms with Crippen LogP contribution < -0.4 is 15.5 Å². The molecule has 0 bridgehead atoms. The van der Waals surface area contributed by atoms with Crippen molar-refractivity contribution in [3.8, 4) is 0 Å².